The Bertz CT molecular complexity index is 875. The number of para-hydroxylation sites is 1. The van der Waals surface area contributed by atoms with Crippen molar-refractivity contribution in [3.63, 3.8) is 0 Å². The van der Waals surface area contributed by atoms with E-state index < -0.39 is 29.3 Å². The first-order chi connectivity index (χ1) is 13.4. The normalized spacial score (nSPS) is 11.8. The van der Waals surface area contributed by atoms with Crippen molar-refractivity contribution in [1.29, 1.82) is 0 Å². The summed E-state index contributed by atoms with van der Waals surface area (Å²) in [5.74, 6) is -0.569. The Labute approximate surface area is 170 Å². The number of nitrogens with zero attached hydrogens (tertiary/aromatic N) is 2. The molecule has 1 heterocycles. The standard InChI is InChI=1S/C19H22F3N3O3S/c1-5-28-16(26)14-11-29-15(23-14)10-25(18(2,3)4)17(27)24-13-9-7-6-8-12(13)19(20,21)22/h6-9,11H,5,10H2,1-4H3,(H,24,27). The van der Waals surface area contributed by atoms with Crippen LogP contribution < -0.4 is 5.32 Å². The van der Waals surface area contributed by atoms with Gasteiger partial charge < -0.3 is 15.0 Å². The zero-order valence-electron chi connectivity index (χ0n) is 16.5. The smallest absolute Gasteiger partial charge is 0.418 e. The largest absolute Gasteiger partial charge is 0.461 e. The average molecular weight is 429 g/mol. The Morgan fingerprint density at radius 3 is 2.45 bits per heavy atom. The van der Waals surface area contributed by atoms with Crippen molar-refractivity contribution in [2.24, 2.45) is 0 Å². The van der Waals surface area contributed by atoms with Crippen molar-refractivity contribution in [2.45, 2.75) is 46.0 Å². The molecule has 2 amide bonds. The van der Waals surface area contributed by atoms with Gasteiger partial charge in [-0.15, -0.1) is 11.3 Å². The number of ether oxygens (including phenoxy) is 1. The molecule has 0 radical (unpaired) electrons. The number of anilines is 1. The Hall–Kier alpha value is -2.62. The summed E-state index contributed by atoms with van der Waals surface area (Å²) in [5.41, 5.74) is -1.84. The molecule has 0 aliphatic rings. The Balaban J connectivity index is 2.24. The molecular weight excluding hydrogens is 407 g/mol. The molecule has 2 rings (SSSR count). The van der Waals surface area contributed by atoms with Gasteiger partial charge in [0.1, 0.15) is 5.01 Å². The van der Waals surface area contributed by atoms with Gasteiger partial charge in [0.05, 0.1) is 24.4 Å². The lowest BCUT2D eigenvalue weighted by Crippen LogP contribution is -2.47. The predicted molar refractivity (Wildman–Crippen MR) is 104 cm³/mol. The van der Waals surface area contributed by atoms with Gasteiger partial charge in [-0.05, 0) is 39.8 Å². The van der Waals surface area contributed by atoms with E-state index >= 15 is 0 Å². The summed E-state index contributed by atoms with van der Waals surface area (Å²) in [6, 6.07) is 4.07. The minimum atomic E-state index is -4.60. The van der Waals surface area contributed by atoms with Crippen LogP contribution in [0.4, 0.5) is 23.7 Å². The number of amides is 2. The van der Waals surface area contributed by atoms with Gasteiger partial charge in [-0.3, -0.25) is 0 Å². The molecule has 10 heteroatoms. The number of benzene rings is 1. The average Bonchev–Trinajstić information content (AvgIpc) is 3.07. The van der Waals surface area contributed by atoms with Crippen LogP contribution in [-0.2, 0) is 17.5 Å². The van der Waals surface area contributed by atoms with Crippen molar-refractivity contribution >= 4 is 29.0 Å². The number of carbonyl (C=O) groups is 2. The third-order valence-corrected chi connectivity index (χ3v) is 4.69. The molecule has 6 nitrogen and oxygen atoms in total. The van der Waals surface area contributed by atoms with Gasteiger partial charge in [0.15, 0.2) is 5.69 Å². The zero-order chi connectivity index (χ0) is 21.8. The summed E-state index contributed by atoms with van der Waals surface area (Å²) in [6.45, 7) is 7.16. The molecule has 0 saturated heterocycles. The fraction of sp³-hybridized carbons (Fsp3) is 0.421. The molecule has 0 spiro atoms. The molecule has 1 aromatic carbocycles. The van der Waals surface area contributed by atoms with Crippen molar-refractivity contribution in [3.05, 3.63) is 45.9 Å². The maximum absolute atomic E-state index is 13.2. The third kappa shape index (κ3) is 5.93. The van der Waals surface area contributed by atoms with E-state index in [9.17, 15) is 22.8 Å². The number of halogens is 3. The molecule has 2 aromatic rings. The molecule has 0 saturated carbocycles. The Morgan fingerprint density at radius 1 is 1.21 bits per heavy atom. The molecule has 29 heavy (non-hydrogen) atoms. The van der Waals surface area contributed by atoms with Gasteiger partial charge in [0.2, 0.25) is 0 Å². The highest BCUT2D eigenvalue weighted by Crippen LogP contribution is 2.35. The van der Waals surface area contributed by atoms with Crippen molar-refractivity contribution in [2.75, 3.05) is 11.9 Å². The molecule has 0 aliphatic carbocycles. The number of hydrogen-bond donors (Lipinski definition) is 1. The van der Waals surface area contributed by atoms with Gasteiger partial charge >= 0.3 is 18.2 Å². The summed E-state index contributed by atoms with van der Waals surface area (Å²) in [5, 5.41) is 4.33. The lowest BCUT2D eigenvalue weighted by atomic mass is 10.1. The maximum atomic E-state index is 13.2. The van der Waals surface area contributed by atoms with E-state index in [2.05, 4.69) is 10.3 Å². The third-order valence-electron chi connectivity index (χ3n) is 3.86. The second-order valence-corrected chi connectivity index (χ2v) is 8.02. The van der Waals surface area contributed by atoms with Crippen LogP contribution in [0.3, 0.4) is 0 Å². The van der Waals surface area contributed by atoms with Crippen molar-refractivity contribution in [1.82, 2.24) is 9.88 Å². The number of alkyl halides is 3. The first-order valence-electron chi connectivity index (χ1n) is 8.80. The van der Waals surface area contributed by atoms with Gasteiger partial charge in [-0.25, -0.2) is 14.6 Å². The topological polar surface area (TPSA) is 71.5 Å². The number of nitrogens with one attached hydrogen (secondary N) is 1. The summed E-state index contributed by atoms with van der Waals surface area (Å²) in [6.07, 6.45) is -4.60. The number of thiazole rings is 1. The minimum absolute atomic E-state index is 0.0214. The molecule has 158 valence electrons. The van der Waals surface area contributed by atoms with Crippen molar-refractivity contribution < 1.29 is 27.5 Å². The van der Waals surface area contributed by atoms with Crippen molar-refractivity contribution in [3.8, 4) is 0 Å². The van der Waals surface area contributed by atoms with E-state index in [1.807, 2.05) is 0 Å². The van der Waals surface area contributed by atoms with Gasteiger partial charge in [0.25, 0.3) is 0 Å². The van der Waals surface area contributed by atoms with E-state index in [1.54, 1.807) is 27.7 Å². The summed E-state index contributed by atoms with van der Waals surface area (Å²) < 4.78 is 44.5. The second kappa shape index (κ2) is 8.81. The number of rotatable bonds is 5. The van der Waals surface area contributed by atoms with E-state index in [0.29, 0.717) is 5.01 Å². The lowest BCUT2D eigenvalue weighted by Gasteiger charge is -2.35. The lowest BCUT2D eigenvalue weighted by molar-refractivity contribution is -0.136. The fourth-order valence-corrected chi connectivity index (χ4v) is 3.20. The first-order valence-corrected chi connectivity index (χ1v) is 9.67. The van der Waals surface area contributed by atoms with E-state index in [0.717, 1.165) is 6.07 Å². The van der Waals surface area contributed by atoms with Crippen LogP contribution in [-0.4, -0.2) is 34.0 Å². The first kappa shape index (κ1) is 22.7. The molecule has 0 bridgehead atoms. The van der Waals surface area contributed by atoms with Gasteiger partial charge in [-0.2, -0.15) is 13.2 Å². The zero-order valence-corrected chi connectivity index (χ0v) is 17.3. The fourth-order valence-electron chi connectivity index (χ4n) is 2.45. The van der Waals surface area contributed by atoms with Crippen LogP contribution in [0.25, 0.3) is 0 Å². The Morgan fingerprint density at radius 2 is 1.86 bits per heavy atom. The minimum Gasteiger partial charge on any atom is -0.461 e. The van der Waals surface area contributed by atoms with Crippen LogP contribution in [0, 0.1) is 0 Å². The molecule has 0 fully saturated rings. The number of carbonyl (C=O) groups excluding carboxylic acids is 2. The highest BCUT2D eigenvalue weighted by molar-refractivity contribution is 7.09. The quantitative estimate of drug-likeness (QED) is 0.666. The highest BCUT2D eigenvalue weighted by Gasteiger charge is 2.35. The predicted octanol–water partition coefficient (Wildman–Crippen LogP) is 5.17. The molecular formula is C19H22F3N3O3S. The number of urea groups is 1. The Kier molecular flexibility index (Phi) is 6.89. The SMILES string of the molecule is CCOC(=O)c1csc(CN(C(=O)Nc2ccccc2C(F)(F)F)C(C)(C)C)n1. The molecule has 0 atom stereocenters. The van der Waals surface area contributed by atoms with Gasteiger partial charge in [0, 0.05) is 10.9 Å². The maximum Gasteiger partial charge on any atom is 0.418 e. The van der Waals surface area contributed by atoms with E-state index in [4.69, 9.17) is 4.74 Å². The number of hydrogen-bond acceptors (Lipinski definition) is 5. The molecule has 1 N–H and O–H groups in total. The second-order valence-electron chi connectivity index (χ2n) is 7.08. The van der Waals surface area contributed by atoms with Crippen LogP contribution in [0.1, 0.15) is 48.8 Å². The van der Waals surface area contributed by atoms with Crippen LogP contribution >= 0.6 is 11.3 Å². The van der Waals surface area contributed by atoms with Crippen LogP contribution in [0.2, 0.25) is 0 Å². The number of esters is 1. The van der Waals surface area contributed by atoms with Crippen LogP contribution in [0.15, 0.2) is 29.6 Å². The molecule has 0 unspecified atom stereocenters. The van der Waals surface area contributed by atoms with E-state index in [-0.39, 0.29) is 24.5 Å². The summed E-state index contributed by atoms with van der Waals surface area (Å²) >= 11 is 1.17. The highest BCUT2D eigenvalue weighted by atomic mass is 32.1. The molecule has 0 aliphatic heterocycles. The summed E-state index contributed by atoms with van der Waals surface area (Å²) in [4.78, 5) is 30.1. The van der Waals surface area contributed by atoms with E-state index in [1.165, 1.54) is 39.8 Å². The summed E-state index contributed by atoms with van der Waals surface area (Å²) in [7, 11) is 0. The number of aromatic nitrogens is 1. The molecule has 1 aromatic heterocycles. The van der Waals surface area contributed by atoms with Gasteiger partial charge in [-0.1, -0.05) is 12.1 Å². The monoisotopic (exact) mass is 429 g/mol. The van der Waals surface area contributed by atoms with Crippen LogP contribution in [0.5, 0.6) is 0 Å².